The van der Waals surface area contributed by atoms with Gasteiger partial charge in [0.1, 0.15) is 18.1 Å². The van der Waals surface area contributed by atoms with Crippen LogP contribution in [-0.2, 0) is 11.5 Å². The number of aromatic carboxylic acids is 1. The molecule has 0 amide bonds. The predicted molar refractivity (Wildman–Crippen MR) is 124 cm³/mol. The summed E-state index contributed by atoms with van der Waals surface area (Å²) in [6, 6.07) is 10.9. The summed E-state index contributed by atoms with van der Waals surface area (Å²) in [6.45, 7) is 7.55. The highest BCUT2D eigenvalue weighted by Gasteiger charge is 2.39. The maximum Gasteiger partial charge on any atom is 0.400 e. The molecular weight excluding hydrogens is 448 g/mol. The lowest BCUT2D eigenvalue weighted by molar-refractivity contribution is -0.178. The Kier molecular flexibility index (Phi) is 6.15. The largest absolute Gasteiger partial charge is 0.478 e. The van der Waals surface area contributed by atoms with Crippen LogP contribution in [0.4, 0.5) is 20.2 Å². The Bertz CT molecular complexity index is 1180. The number of fused-ring (bicyclic) bond motifs is 2. The van der Waals surface area contributed by atoms with Gasteiger partial charge in [-0.3, -0.25) is 0 Å². The smallest absolute Gasteiger partial charge is 0.400 e. The van der Waals surface area contributed by atoms with E-state index in [2.05, 4.69) is 24.6 Å². The fraction of sp³-hybridized carbons (Fsp3) is 0.391. The van der Waals surface area contributed by atoms with E-state index in [0.717, 1.165) is 6.04 Å². The topological polar surface area (TPSA) is 76.8 Å². The van der Waals surface area contributed by atoms with Crippen molar-refractivity contribution >= 4 is 36.5 Å². The Morgan fingerprint density at radius 3 is 2.73 bits per heavy atom. The maximum atomic E-state index is 14.4. The van der Waals surface area contributed by atoms with E-state index >= 15 is 0 Å². The number of pyridine rings is 1. The third-order valence-corrected chi connectivity index (χ3v) is 7.20. The number of benzene rings is 1. The molecule has 0 bridgehead atoms. The first kappa shape index (κ1) is 23.2. The average Bonchev–Trinajstić information content (AvgIpc) is 3.06. The number of para-hydroxylation sites is 1. The molecule has 176 valence electrons. The summed E-state index contributed by atoms with van der Waals surface area (Å²) in [6.07, 6.45) is -2.26. The molecule has 1 aliphatic rings. The van der Waals surface area contributed by atoms with Crippen molar-refractivity contribution < 1.29 is 28.2 Å². The highest BCUT2D eigenvalue weighted by molar-refractivity contribution is 6.76. The van der Waals surface area contributed by atoms with Crippen LogP contribution in [0.5, 0.6) is 5.88 Å². The van der Waals surface area contributed by atoms with E-state index in [1.165, 1.54) is 11.0 Å². The van der Waals surface area contributed by atoms with Gasteiger partial charge in [-0.05, 0) is 30.3 Å². The van der Waals surface area contributed by atoms with Crippen LogP contribution in [0.1, 0.15) is 16.8 Å². The first-order chi connectivity index (χ1) is 15.5. The van der Waals surface area contributed by atoms with E-state index in [9.17, 15) is 18.7 Å². The summed E-state index contributed by atoms with van der Waals surface area (Å²) in [5.74, 6) is -1.38. The number of ether oxygens (including phenoxy) is 2. The van der Waals surface area contributed by atoms with E-state index in [4.69, 9.17) is 9.47 Å². The number of rotatable bonds is 7. The minimum absolute atomic E-state index is 0.0159. The van der Waals surface area contributed by atoms with Gasteiger partial charge in [0, 0.05) is 32.8 Å². The molecule has 3 aromatic rings. The molecule has 1 aliphatic heterocycles. The summed E-state index contributed by atoms with van der Waals surface area (Å²) in [7, 11) is -1.23. The Morgan fingerprint density at radius 1 is 1.24 bits per heavy atom. The lowest BCUT2D eigenvalue weighted by Crippen LogP contribution is -2.27. The van der Waals surface area contributed by atoms with Crippen molar-refractivity contribution in [3.05, 3.63) is 48.2 Å². The minimum atomic E-state index is -3.44. The molecule has 0 radical (unpaired) electrons. The van der Waals surface area contributed by atoms with E-state index in [-0.39, 0.29) is 24.7 Å². The second-order valence-electron chi connectivity index (χ2n) is 9.32. The molecule has 0 aliphatic carbocycles. The van der Waals surface area contributed by atoms with E-state index in [1.807, 2.05) is 6.07 Å². The summed E-state index contributed by atoms with van der Waals surface area (Å²) in [5, 5.41) is 10.3. The van der Waals surface area contributed by atoms with Crippen molar-refractivity contribution in [2.24, 2.45) is 0 Å². The number of aromatic nitrogens is 2. The zero-order valence-corrected chi connectivity index (χ0v) is 19.8. The molecule has 0 saturated carbocycles. The Labute approximate surface area is 191 Å². The lowest BCUT2D eigenvalue weighted by atomic mass is 10.1. The molecule has 33 heavy (non-hydrogen) atoms. The van der Waals surface area contributed by atoms with Crippen LogP contribution < -0.4 is 9.64 Å². The highest BCUT2D eigenvalue weighted by atomic mass is 28.3. The van der Waals surface area contributed by atoms with E-state index < -0.39 is 26.6 Å². The van der Waals surface area contributed by atoms with Gasteiger partial charge >= 0.3 is 12.1 Å². The van der Waals surface area contributed by atoms with Crippen LogP contribution in [0, 0.1) is 0 Å². The third kappa shape index (κ3) is 5.17. The number of hydrogen-bond acceptors (Lipinski definition) is 5. The van der Waals surface area contributed by atoms with E-state index in [0.29, 0.717) is 29.0 Å². The SMILES string of the molecule is C[Si](C)(C)CCOCn1ccc2cc3c(nc21)OC(F)(F)CCN3c1ccccc1C(=O)O. The Morgan fingerprint density at radius 2 is 2.00 bits per heavy atom. The van der Waals surface area contributed by atoms with Crippen LogP contribution in [0.3, 0.4) is 0 Å². The summed E-state index contributed by atoms with van der Waals surface area (Å²) < 4.78 is 41.5. The van der Waals surface area contributed by atoms with Gasteiger partial charge in [0.15, 0.2) is 0 Å². The molecule has 1 aromatic carbocycles. The fourth-order valence-corrected chi connectivity index (χ4v) is 4.45. The number of carboxylic acid groups (broad SMARTS) is 1. The molecular formula is C23H27F2N3O4Si. The third-order valence-electron chi connectivity index (χ3n) is 5.50. The minimum Gasteiger partial charge on any atom is -0.478 e. The van der Waals surface area contributed by atoms with Crippen LogP contribution >= 0.6 is 0 Å². The predicted octanol–water partition coefficient (Wildman–Crippen LogP) is 5.56. The van der Waals surface area contributed by atoms with Crippen molar-refractivity contribution in [2.75, 3.05) is 18.1 Å². The van der Waals surface area contributed by atoms with Crippen molar-refractivity contribution in [3.8, 4) is 5.88 Å². The first-order valence-electron chi connectivity index (χ1n) is 10.8. The number of hydrogen-bond donors (Lipinski definition) is 1. The fourth-order valence-electron chi connectivity index (χ4n) is 3.69. The van der Waals surface area contributed by atoms with Crippen LogP contribution in [0.15, 0.2) is 42.6 Å². The van der Waals surface area contributed by atoms with Crippen LogP contribution in [0.2, 0.25) is 25.7 Å². The first-order valence-corrected chi connectivity index (χ1v) is 14.5. The molecule has 2 aromatic heterocycles. The lowest BCUT2D eigenvalue weighted by Gasteiger charge is -2.24. The molecule has 4 rings (SSSR count). The Hall–Kier alpha value is -2.98. The zero-order valence-electron chi connectivity index (χ0n) is 18.8. The van der Waals surface area contributed by atoms with Crippen LogP contribution in [-0.4, -0.2) is 48.0 Å². The molecule has 3 heterocycles. The molecule has 7 nitrogen and oxygen atoms in total. The quantitative estimate of drug-likeness (QED) is 0.356. The van der Waals surface area contributed by atoms with Gasteiger partial charge in [0.25, 0.3) is 0 Å². The van der Waals surface area contributed by atoms with Crippen molar-refractivity contribution in [1.82, 2.24) is 9.55 Å². The maximum absolute atomic E-state index is 14.4. The van der Waals surface area contributed by atoms with Gasteiger partial charge in [0.05, 0.1) is 17.7 Å². The normalized spacial score (nSPS) is 15.7. The molecule has 10 heteroatoms. The molecule has 0 atom stereocenters. The molecule has 0 spiro atoms. The number of nitrogens with zero attached hydrogens (tertiary/aromatic N) is 3. The van der Waals surface area contributed by atoms with Gasteiger partial charge < -0.3 is 24.0 Å². The van der Waals surface area contributed by atoms with Gasteiger partial charge in [-0.1, -0.05) is 31.8 Å². The number of halogens is 2. The second-order valence-corrected chi connectivity index (χ2v) is 14.9. The van der Waals surface area contributed by atoms with Gasteiger partial charge in [0.2, 0.25) is 5.88 Å². The van der Waals surface area contributed by atoms with Crippen molar-refractivity contribution in [2.45, 2.75) is 44.9 Å². The monoisotopic (exact) mass is 475 g/mol. The number of carbonyl (C=O) groups is 1. The zero-order chi connectivity index (χ0) is 23.8. The van der Waals surface area contributed by atoms with Gasteiger partial charge in [-0.25, -0.2) is 4.79 Å². The number of alkyl halides is 2. The molecule has 0 saturated heterocycles. The molecule has 0 fully saturated rings. The summed E-state index contributed by atoms with van der Waals surface area (Å²) in [5.41, 5.74) is 1.08. The number of anilines is 2. The van der Waals surface area contributed by atoms with Crippen molar-refractivity contribution in [3.63, 3.8) is 0 Å². The summed E-state index contributed by atoms with van der Waals surface area (Å²) in [4.78, 5) is 17.7. The van der Waals surface area contributed by atoms with Crippen molar-refractivity contribution in [1.29, 1.82) is 0 Å². The van der Waals surface area contributed by atoms with E-state index in [1.54, 1.807) is 35.0 Å². The highest BCUT2D eigenvalue weighted by Crippen LogP contribution is 2.42. The molecule has 1 N–H and O–H groups in total. The van der Waals surface area contributed by atoms with Crippen LogP contribution in [0.25, 0.3) is 11.0 Å². The Balaban J connectivity index is 1.72. The standard InChI is InChI=1S/C23H27F2N3O4Si/c1-33(2,3)13-12-31-15-27-10-8-16-14-19-21(26-20(16)27)32-23(24,25)9-11-28(19)18-7-5-4-6-17(18)22(29)30/h4-8,10,14H,9,11-13,15H2,1-3H3,(H,29,30). The summed E-state index contributed by atoms with van der Waals surface area (Å²) >= 11 is 0. The average molecular weight is 476 g/mol. The number of carboxylic acids is 1. The van der Waals surface area contributed by atoms with Gasteiger partial charge in [-0.2, -0.15) is 13.8 Å². The second kappa shape index (κ2) is 8.75. The van der Waals surface area contributed by atoms with Gasteiger partial charge in [-0.15, -0.1) is 0 Å². The molecule has 0 unspecified atom stereocenters.